The van der Waals surface area contributed by atoms with E-state index in [-0.39, 0.29) is 11.9 Å². The molecular formula is C14H25NO2. The molecule has 17 heavy (non-hydrogen) atoms. The highest BCUT2D eigenvalue weighted by Gasteiger charge is 2.20. The Morgan fingerprint density at radius 3 is 2.71 bits per heavy atom. The molecule has 0 aromatic carbocycles. The van der Waals surface area contributed by atoms with Gasteiger partial charge in [0.05, 0.1) is 13.2 Å². The summed E-state index contributed by atoms with van der Waals surface area (Å²) in [5.41, 5.74) is 1.35. The molecule has 0 radical (unpaired) electrons. The predicted octanol–water partition coefficient (Wildman–Crippen LogP) is 3.46. The second kappa shape index (κ2) is 7.49. The number of hydrogen-bond donors (Lipinski definition) is 0. The van der Waals surface area contributed by atoms with Gasteiger partial charge in [-0.1, -0.05) is 24.5 Å². The molecule has 0 aliphatic carbocycles. The Morgan fingerprint density at radius 2 is 2.00 bits per heavy atom. The van der Waals surface area contributed by atoms with Crippen LogP contribution in [0.15, 0.2) is 11.6 Å². The number of amides is 1. The van der Waals surface area contributed by atoms with Gasteiger partial charge < -0.3 is 0 Å². The van der Waals surface area contributed by atoms with Crippen LogP contribution in [0.1, 0.15) is 58.8 Å². The van der Waals surface area contributed by atoms with Crippen LogP contribution in [0.25, 0.3) is 0 Å². The topological polar surface area (TPSA) is 29.5 Å². The van der Waals surface area contributed by atoms with Gasteiger partial charge in [-0.2, -0.15) is 0 Å². The molecule has 3 nitrogen and oxygen atoms in total. The Morgan fingerprint density at radius 1 is 1.29 bits per heavy atom. The number of allylic oxidation sites excluding steroid dienone is 1. The number of carbonyl (C=O) groups excluding carboxylic acids is 1. The summed E-state index contributed by atoms with van der Waals surface area (Å²) in [6.07, 6.45) is 9.57. The smallest absolute Gasteiger partial charge is 0.246 e. The third kappa shape index (κ3) is 4.90. The van der Waals surface area contributed by atoms with Gasteiger partial charge in [-0.25, -0.2) is 5.06 Å². The van der Waals surface area contributed by atoms with Crippen molar-refractivity contribution in [3.63, 3.8) is 0 Å². The zero-order valence-electron chi connectivity index (χ0n) is 11.4. The second-order valence-electron chi connectivity index (χ2n) is 4.96. The summed E-state index contributed by atoms with van der Waals surface area (Å²) in [5.74, 6) is 0.119. The molecule has 1 rings (SSSR count). The summed E-state index contributed by atoms with van der Waals surface area (Å²) >= 11 is 0. The van der Waals surface area contributed by atoms with Gasteiger partial charge in [0.1, 0.15) is 0 Å². The van der Waals surface area contributed by atoms with Crippen molar-refractivity contribution in [1.82, 2.24) is 5.06 Å². The first-order chi connectivity index (χ1) is 8.15. The van der Waals surface area contributed by atoms with E-state index in [0.29, 0.717) is 6.42 Å². The lowest BCUT2D eigenvalue weighted by Gasteiger charge is -2.27. The van der Waals surface area contributed by atoms with Crippen molar-refractivity contribution in [1.29, 1.82) is 0 Å². The van der Waals surface area contributed by atoms with Gasteiger partial charge in [0.2, 0.25) is 5.91 Å². The minimum atomic E-state index is 0.119. The van der Waals surface area contributed by atoms with Gasteiger partial charge in [-0.3, -0.25) is 9.63 Å². The van der Waals surface area contributed by atoms with Crippen LogP contribution in [-0.4, -0.2) is 24.1 Å². The van der Waals surface area contributed by atoms with Crippen LogP contribution >= 0.6 is 0 Å². The van der Waals surface area contributed by atoms with E-state index in [4.69, 9.17) is 4.84 Å². The summed E-state index contributed by atoms with van der Waals surface area (Å²) in [6.45, 7) is 4.19. The largest absolute Gasteiger partial charge is 0.274 e. The standard InChI is InChI=1S/C14H25NO2/c1-12-9-7-5-4-6-8-10-14(16)15(17-3)13(2)11-12/h9,13H,4-8,10-11H2,1-3H3/b12-9+. The van der Waals surface area contributed by atoms with E-state index in [1.165, 1.54) is 24.8 Å². The Labute approximate surface area is 105 Å². The Bertz CT molecular complexity index is 273. The normalized spacial score (nSPS) is 27.9. The van der Waals surface area contributed by atoms with Gasteiger partial charge in [0, 0.05) is 6.42 Å². The van der Waals surface area contributed by atoms with E-state index in [2.05, 4.69) is 13.0 Å². The maximum absolute atomic E-state index is 12.0. The Kier molecular flexibility index (Phi) is 6.27. The molecule has 0 fully saturated rings. The molecule has 0 saturated heterocycles. The maximum Gasteiger partial charge on any atom is 0.246 e. The van der Waals surface area contributed by atoms with Crippen molar-refractivity contribution in [2.45, 2.75) is 64.8 Å². The summed E-state index contributed by atoms with van der Waals surface area (Å²) < 4.78 is 0. The molecule has 0 N–H and O–H groups in total. The average Bonchev–Trinajstić information content (AvgIpc) is 2.27. The molecule has 1 aliphatic heterocycles. The van der Waals surface area contributed by atoms with Gasteiger partial charge in [0.25, 0.3) is 0 Å². The van der Waals surface area contributed by atoms with E-state index < -0.39 is 0 Å². The molecule has 0 bridgehead atoms. The van der Waals surface area contributed by atoms with Crippen molar-refractivity contribution in [3.8, 4) is 0 Å². The lowest BCUT2D eigenvalue weighted by atomic mass is 10.0. The van der Waals surface area contributed by atoms with Crippen LogP contribution in [0.4, 0.5) is 0 Å². The van der Waals surface area contributed by atoms with Crippen LogP contribution in [0.5, 0.6) is 0 Å². The average molecular weight is 239 g/mol. The third-order valence-corrected chi connectivity index (χ3v) is 3.30. The molecule has 98 valence electrons. The quantitative estimate of drug-likeness (QED) is 0.656. The van der Waals surface area contributed by atoms with Crippen LogP contribution in [-0.2, 0) is 9.63 Å². The minimum Gasteiger partial charge on any atom is -0.274 e. The van der Waals surface area contributed by atoms with Gasteiger partial charge in [-0.15, -0.1) is 0 Å². The number of rotatable bonds is 1. The Hall–Kier alpha value is -0.830. The molecule has 1 atom stereocenters. The van der Waals surface area contributed by atoms with Crippen molar-refractivity contribution >= 4 is 5.91 Å². The lowest BCUT2D eigenvalue weighted by Crippen LogP contribution is -2.37. The molecular weight excluding hydrogens is 214 g/mol. The fourth-order valence-corrected chi connectivity index (χ4v) is 2.39. The first kappa shape index (κ1) is 14.2. The van der Waals surface area contributed by atoms with E-state index in [0.717, 1.165) is 19.3 Å². The summed E-state index contributed by atoms with van der Waals surface area (Å²) in [7, 11) is 1.58. The van der Waals surface area contributed by atoms with Gasteiger partial charge in [0.15, 0.2) is 0 Å². The molecule has 1 amide bonds. The second-order valence-corrected chi connectivity index (χ2v) is 4.96. The van der Waals surface area contributed by atoms with E-state index in [1.807, 2.05) is 6.92 Å². The zero-order chi connectivity index (χ0) is 12.7. The summed E-state index contributed by atoms with van der Waals surface area (Å²) in [4.78, 5) is 17.2. The van der Waals surface area contributed by atoms with Crippen LogP contribution in [0.2, 0.25) is 0 Å². The number of nitrogens with zero attached hydrogens (tertiary/aromatic N) is 1. The highest BCUT2D eigenvalue weighted by Crippen LogP contribution is 2.17. The molecule has 3 heteroatoms. The van der Waals surface area contributed by atoms with Crippen molar-refractivity contribution < 1.29 is 9.63 Å². The zero-order valence-corrected chi connectivity index (χ0v) is 11.4. The first-order valence-corrected chi connectivity index (χ1v) is 6.67. The van der Waals surface area contributed by atoms with Crippen molar-refractivity contribution in [2.24, 2.45) is 0 Å². The number of hydroxylamine groups is 2. The van der Waals surface area contributed by atoms with Crippen LogP contribution in [0.3, 0.4) is 0 Å². The molecule has 0 spiro atoms. The molecule has 0 saturated carbocycles. The predicted molar refractivity (Wildman–Crippen MR) is 69.4 cm³/mol. The number of carbonyl (C=O) groups is 1. The minimum absolute atomic E-state index is 0.119. The summed E-state index contributed by atoms with van der Waals surface area (Å²) in [6, 6.07) is 0.128. The molecule has 1 heterocycles. The van der Waals surface area contributed by atoms with Crippen LogP contribution in [0, 0.1) is 0 Å². The molecule has 1 aliphatic rings. The third-order valence-electron chi connectivity index (χ3n) is 3.30. The van der Waals surface area contributed by atoms with E-state index >= 15 is 0 Å². The van der Waals surface area contributed by atoms with Crippen molar-refractivity contribution in [3.05, 3.63) is 11.6 Å². The van der Waals surface area contributed by atoms with Gasteiger partial charge >= 0.3 is 0 Å². The van der Waals surface area contributed by atoms with Crippen LogP contribution < -0.4 is 0 Å². The molecule has 0 aromatic heterocycles. The highest BCUT2D eigenvalue weighted by atomic mass is 16.7. The first-order valence-electron chi connectivity index (χ1n) is 6.67. The van der Waals surface area contributed by atoms with E-state index in [9.17, 15) is 4.79 Å². The highest BCUT2D eigenvalue weighted by molar-refractivity contribution is 5.75. The Balaban J connectivity index is 2.68. The monoisotopic (exact) mass is 239 g/mol. The lowest BCUT2D eigenvalue weighted by molar-refractivity contribution is -0.186. The van der Waals surface area contributed by atoms with Gasteiger partial charge in [-0.05, 0) is 39.5 Å². The molecule has 0 aromatic rings. The molecule has 1 unspecified atom stereocenters. The number of hydrogen-bond acceptors (Lipinski definition) is 2. The van der Waals surface area contributed by atoms with E-state index in [1.54, 1.807) is 12.2 Å². The SMILES string of the molecule is CON1C(=O)CCCCCC/C=C(\C)CC1C. The fraction of sp³-hybridized carbons (Fsp3) is 0.786. The fourth-order valence-electron chi connectivity index (χ4n) is 2.39. The summed E-state index contributed by atoms with van der Waals surface area (Å²) in [5, 5.41) is 1.54. The van der Waals surface area contributed by atoms with Crippen molar-refractivity contribution in [2.75, 3.05) is 7.11 Å². The maximum atomic E-state index is 12.0.